The molecule has 0 saturated carbocycles. The highest BCUT2D eigenvalue weighted by Gasteiger charge is 2.23. The average molecular weight is 545 g/mol. The normalized spacial score (nSPS) is 11.4. The Morgan fingerprint density at radius 1 is 1.03 bits per heavy atom. The highest BCUT2D eigenvalue weighted by molar-refractivity contribution is 9.10. The predicted octanol–water partition coefficient (Wildman–Crippen LogP) is 5.71. The highest BCUT2D eigenvalue weighted by Crippen LogP contribution is 2.39. The van der Waals surface area contributed by atoms with Crippen molar-refractivity contribution < 1.29 is 17.6 Å². The number of halogens is 2. The maximum atomic E-state index is 13.5. The van der Waals surface area contributed by atoms with Crippen molar-refractivity contribution in [3.63, 3.8) is 0 Å². The van der Waals surface area contributed by atoms with E-state index >= 15 is 0 Å². The topological polar surface area (TPSA) is 76.1 Å². The number of sulfone groups is 1. The van der Waals surface area contributed by atoms with Gasteiger partial charge in [0.1, 0.15) is 5.82 Å². The van der Waals surface area contributed by atoms with Gasteiger partial charge in [-0.15, -0.1) is 11.3 Å². The summed E-state index contributed by atoms with van der Waals surface area (Å²) in [5.74, 6) is -0.775. The fraction of sp³-hybridized carbons (Fsp3) is 0.0833. The van der Waals surface area contributed by atoms with Gasteiger partial charge in [0.2, 0.25) is 0 Å². The summed E-state index contributed by atoms with van der Waals surface area (Å²) < 4.78 is 39.2. The van der Waals surface area contributed by atoms with Crippen LogP contribution in [0.2, 0.25) is 0 Å². The van der Waals surface area contributed by atoms with Gasteiger partial charge in [0.25, 0.3) is 5.91 Å². The Hall–Kier alpha value is -2.88. The Morgan fingerprint density at radius 3 is 2.36 bits per heavy atom. The number of carbonyl (C=O) groups excluding carboxylic acids is 1. The van der Waals surface area contributed by atoms with E-state index in [1.54, 1.807) is 30.3 Å². The molecule has 0 atom stereocenters. The second-order valence-corrected chi connectivity index (χ2v) is 11.2. The first-order chi connectivity index (χ1) is 15.7. The second kappa shape index (κ2) is 9.54. The van der Waals surface area contributed by atoms with Crippen LogP contribution in [0, 0.1) is 5.82 Å². The van der Waals surface area contributed by atoms with Gasteiger partial charge in [-0.25, -0.2) is 17.8 Å². The molecule has 0 aliphatic rings. The third-order valence-corrected chi connectivity index (χ3v) is 7.62. The van der Waals surface area contributed by atoms with Crippen LogP contribution in [0.3, 0.4) is 0 Å². The maximum absolute atomic E-state index is 13.5. The van der Waals surface area contributed by atoms with Crippen molar-refractivity contribution >= 4 is 43.0 Å². The summed E-state index contributed by atoms with van der Waals surface area (Å²) in [6.45, 7) is 0.312. The van der Waals surface area contributed by atoms with Gasteiger partial charge in [-0.05, 0) is 41.5 Å². The van der Waals surface area contributed by atoms with E-state index in [-0.39, 0.29) is 15.8 Å². The second-order valence-electron chi connectivity index (χ2n) is 7.28. The number of nitrogens with one attached hydrogen (secondary N) is 1. The smallest absolute Gasteiger partial charge is 0.280 e. The maximum Gasteiger partial charge on any atom is 0.280 e. The molecule has 4 aromatic rings. The average Bonchev–Trinajstić information content (AvgIpc) is 3.24. The Bertz CT molecular complexity index is 1420. The molecule has 0 aliphatic heterocycles. The standard InChI is InChI=1S/C24H18BrFN2O3S2/c1-33(30,31)20-5-3-2-4-19(20)21-22(16-8-12-18(26)13-9-16)32-24(28-21)23(29)27-14-15-6-10-17(25)11-7-15/h2-13H,14H2,1H3,(H,27,29). The molecule has 0 fully saturated rings. The van der Waals surface area contributed by atoms with Gasteiger partial charge in [0, 0.05) is 22.8 Å². The van der Waals surface area contributed by atoms with Gasteiger partial charge in [0.15, 0.2) is 14.8 Å². The monoisotopic (exact) mass is 544 g/mol. The summed E-state index contributed by atoms with van der Waals surface area (Å²) in [5, 5.41) is 3.03. The number of benzene rings is 3. The number of carbonyl (C=O) groups is 1. The van der Waals surface area contributed by atoms with Crippen molar-refractivity contribution in [2.75, 3.05) is 6.26 Å². The molecule has 33 heavy (non-hydrogen) atoms. The van der Waals surface area contributed by atoms with Crippen molar-refractivity contribution in [2.45, 2.75) is 11.4 Å². The molecule has 168 valence electrons. The Morgan fingerprint density at radius 2 is 1.70 bits per heavy atom. The number of hydrogen-bond donors (Lipinski definition) is 1. The molecule has 3 aromatic carbocycles. The highest BCUT2D eigenvalue weighted by atomic mass is 79.9. The van der Waals surface area contributed by atoms with Crippen LogP contribution in [0.4, 0.5) is 4.39 Å². The van der Waals surface area contributed by atoms with Gasteiger partial charge in [-0.1, -0.05) is 58.4 Å². The lowest BCUT2D eigenvalue weighted by Gasteiger charge is -2.08. The largest absolute Gasteiger partial charge is 0.346 e. The molecular formula is C24H18BrFN2O3S2. The number of nitrogens with zero attached hydrogens (tertiary/aromatic N) is 1. The van der Waals surface area contributed by atoms with Crippen LogP contribution in [0.5, 0.6) is 0 Å². The molecule has 5 nitrogen and oxygen atoms in total. The third-order valence-electron chi connectivity index (χ3n) is 4.84. The molecular weight excluding hydrogens is 527 g/mol. The molecule has 0 unspecified atom stereocenters. The fourth-order valence-electron chi connectivity index (χ4n) is 3.24. The van der Waals surface area contributed by atoms with Crippen LogP contribution in [-0.4, -0.2) is 25.6 Å². The molecule has 1 amide bonds. The van der Waals surface area contributed by atoms with Crippen LogP contribution in [-0.2, 0) is 16.4 Å². The molecule has 0 radical (unpaired) electrons. The summed E-state index contributed by atoms with van der Waals surface area (Å²) in [4.78, 5) is 18.1. The first-order valence-corrected chi connectivity index (χ1v) is 13.3. The van der Waals surface area contributed by atoms with Crippen molar-refractivity contribution in [1.82, 2.24) is 10.3 Å². The molecule has 9 heteroatoms. The summed E-state index contributed by atoms with van der Waals surface area (Å²) in [5.41, 5.74) is 2.31. The summed E-state index contributed by atoms with van der Waals surface area (Å²) in [6, 6.07) is 19.9. The van der Waals surface area contributed by atoms with E-state index in [2.05, 4.69) is 26.2 Å². The number of hydrogen-bond acceptors (Lipinski definition) is 5. The minimum atomic E-state index is -3.55. The number of thiazole rings is 1. The summed E-state index contributed by atoms with van der Waals surface area (Å²) in [7, 11) is -3.55. The molecule has 1 aromatic heterocycles. The number of rotatable bonds is 6. The molecule has 4 rings (SSSR count). The fourth-order valence-corrected chi connectivity index (χ4v) is 5.40. The molecule has 1 N–H and O–H groups in total. The van der Waals surface area contributed by atoms with E-state index in [9.17, 15) is 17.6 Å². The zero-order chi connectivity index (χ0) is 23.6. The van der Waals surface area contributed by atoms with Crippen LogP contribution >= 0.6 is 27.3 Å². The van der Waals surface area contributed by atoms with E-state index in [0.29, 0.717) is 28.2 Å². The van der Waals surface area contributed by atoms with E-state index in [1.165, 1.54) is 18.2 Å². The van der Waals surface area contributed by atoms with E-state index in [4.69, 9.17) is 0 Å². The van der Waals surface area contributed by atoms with Gasteiger partial charge >= 0.3 is 0 Å². The lowest BCUT2D eigenvalue weighted by Crippen LogP contribution is -2.22. The molecule has 0 aliphatic carbocycles. The van der Waals surface area contributed by atoms with Gasteiger partial charge in [0.05, 0.1) is 15.5 Å². The van der Waals surface area contributed by atoms with E-state index in [1.807, 2.05) is 24.3 Å². The third kappa shape index (κ3) is 5.38. The van der Waals surface area contributed by atoms with Crippen molar-refractivity contribution in [3.05, 3.63) is 93.7 Å². The Kier molecular flexibility index (Phi) is 6.73. The quantitative estimate of drug-likeness (QED) is 0.337. The Labute approximate surface area is 203 Å². The lowest BCUT2D eigenvalue weighted by molar-refractivity contribution is 0.0950. The van der Waals surface area contributed by atoms with Gasteiger partial charge in [-0.3, -0.25) is 4.79 Å². The predicted molar refractivity (Wildman–Crippen MR) is 131 cm³/mol. The first-order valence-electron chi connectivity index (χ1n) is 9.81. The zero-order valence-corrected chi connectivity index (χ0v) is 20.6. The Balaban J connectivity index is 1.76. The number of aromatic nitrogens is 1. The van der Waals surface area contributed by atoms with Crippen LogP contribution in [0.15, 0.2) is 82.2 Å². The van der Waals surface area contributed by atoms with Crippen molar-refractivity contribution in [1.29, 1.82) is 0 Å². The number of amides is 1. The molecule has 0 bridgehead atoms. The molecule has 1 heterocycles. The van der Waals surface area contributed by atoms with Crippen LogP contribution < -0.4 is 5.32 Å². The van der Waals surface area contributed by atoms with Crippen molar-refractivity contribution in [2.24, 2.45) is 0 Å². The van der Waals surface area contributed by atoms with Gasteiger partial charge in [-0.2, -0.15) is 0 Å². The SMILES string of the molecule is CS(=O)(=O)c1ccccc1-c1nc(C(=O)NCc2ccc(Br)cc2)sc1-c1ccc(F)cc1. The van der Waals surface area contributed by atoms with Crippen LogP contribution in [0.1, 0.15) is 15.4 Å². The van der Waals surface area contributed by atoms with E-state index < -0.39 is 15.7 Å². The molecule has 0 saturated heterocycles. The van der Waals surface area contributed by atoms with Crippen LogP contribution in [0.25, 0.3) is 21.7 Å². The summed E-state index contributed by atoms with van der Waals surface area (Å²) >= 11 is 4.51. The van der Waals surface area contributed by atoms with Gasteiger partial charge < -0.3 is 5.32 Å². The minimum absolute atomic E-state index is 0.112. The first kappa shape index (κ1) is 23.3. The zero-order valence-electron chi connectivity index (χ0n) is 17.4. The molecule has 0 spiro atoms. The minimum Gasteiger partial charge on any atom is -0.346 e. The van der Waals surface area contributed by atoms with E-state index in [0.717, 1.165) is 27.6 Å². The lowest BCUT2D eigenvalue weighted by atomic mass is 10.1. The van der Waals surface area contributed by atoms with Crippen molar-refractivity contribution in [3.8, 4) is 21.7 Å². The summed E-state index contributed by atoms with van der Waals surface area (Å²) in [6.07, 6.45) is 1.13.